The lowest BCUT2D eigenvalue weighted by Gasteiger charge is -2.30. The van der Waals surface area contributed by atoms with Crippen molar-refractivity contribution in [2.24, 2.45) is 11.8 Å². The van der Waals surface area contributed by atoms with E-state index in [0.717, 1.165) is 19.1 Å². The lowest BCUT2D eigenvalue weighted by molar-refractivity contribution is 0.0953. The predicted octanol–water partition coefficient (Wildman–Crippen LogP) is 2.69. The normalized spacial score (nSPS) is 15.9. The summed E-state index contributed by atoms with van der Waals surface area (Å²) in [5, 5.41) is 0. The van der Waals surface area contributed by atoms with Crippen LogP contribution in [0.4, 0.5) is 0 Å². The number of benzene rings is 1. The van der Waals surface area contributed by atoms with Crippen molar-refractivity contribution in [2.45, 2.75) is 52.1 Å². The number of hydrazine groups is 1. The van der Waals surface area contributed by atoms with Crippen molar-refractivity contribution in [1.82, 2.24) is 10.3 Å². The van der Waals surface area contributed by atoms with E-state index < -0.39 is 0 Å². The van der Waals surface area contributed by atoms with Crippen molar-refractivity contribution in [3.8, 4) is 0 Å². The van der Waals surface area contributed by atoms with Crippen LogP contribution in [0.15, 0.2) is 24.3 Å². The van der Waals surface area contributed by atoms with E-state index in [2.05, 4.69) is 24.2 Å². The van der Waals surface area contributed by atoms with Crippen LogP contribution >= 0.6 is 0 Å². The highest BCUT2D eigenvalue weighted by molar-refractivity contribution is 5.93. The van der Waals surface area contributed by atoms with Crippen LogP contribution in [0.2, 0.25) is 0 Å². The fourth-order valence-corrected chi connectivity index (χ4v) is 3.16. The highest BCUT2D eigenvalue weighted by Gasteiger charge is 2.23. The van der Waals surface area contributed by atoms with Gasteiger partial charge in [0.2, 0.25) is 0 Å². The lowest BCUT2D eigenvalue weighted by atomic mass is 10.1. The number of carbonyl (C=O) groups is 1. The Morgan fingerprint density at radius 2 is 1.90 bits per heavy atom. The van der Waals surface area contributed by atoms with Gasteiger partial charge in [-0.1, -0.05) is 38.8 Å². The molecule has 1 aliphatic rings. The molecule has 0 spiro atoms. The van der Waals surface area contributed by atoms with Gasteiger partial charge in [0.05, 0.1) is 0 Å². The molecule has 0 unspecified atom stereocenters. The van der Waals surface area contributed by atoms with E-state index in [4.69, 9.17) is 5.84 Å². The fourth-order valence-electron chi connectivity index (χ4n) is 3.16. The van der Waals surface area contributed by atoms with Gasteiger partial charge in [0.1, 0.15) is 0 Å². The second kappa shape index (κ2) is 7.57. The van der Waals surface area contributed by atoms with Gasteiger partial charge in [-0.05, 0) is 36.5 Å². The Hall–Kier alpha value is -1.39. The SMILES string of the molecule is CC(C)CN(Cc1ccc(C(=O)NN)cc1)C1CCCC1. The first kappa shape index (κ1) is 16.0. The summed E-state index contributed by atoms with van der Waals surface area (Å²) in [6, 6.07) is 8.48. The summed E-state index contributed by atoms with van der Waals surface area (Å²) in [6.07, 6.45) is 5.35. The molecule has 0 saturated heterocycles. The first-order valence-electron chi connectivity index (χ1n) is 7.94. The van der Waals surface area contributed by atoms with E-state index in [1.165, 1.54) is 31.2 Å². The van der Waals surface area contributed by atoms with Crippen LogP contribution in [-0.2, 0) is 6.54 Å². The Balaban J connectivity index is 2.03. The molecule has 2 rings (SSSR count). The first-order chi connectivity index (χ1) is 10.1. The van der Waals surface area contributed by atoms with Crippen LogP contribution in [0.3, 0.4) is 0 Å². The maximum absolute atomic E-state index is 11.5. The minimum Gasteiger partial charge on any atom is -0.296 e. The maximum Gasteiger partial charge on any atom is 0.265 e. The molecule has 1 saturated carbocycles. The molecule has 4 heteroatoms. The van der Waals surface area contributed by atoms with Gasteiger partial charge in [-0.2, -0.15) is 0 Å². The minimum absolute atomic E-state index is 0.239. The number of rotatable bonds is 6. The van der Waals surface area contributed by atoms with Gasteiger partial charge < -0.3 is 0 Å². The molecule has 0 bridgehead atoms. The molecule has 1 amide bonds. The summed E-state index contributed by atoms with van der Waals surface area (Å²) in [5.41, 5.74) is 4.03. The van der Waals surface area contributed by atoms with Gasteiger partial charge in [-0.3, -0.25) is 15.1 Å². The third-order valence-corrected chi connectivity index (χ3v) is 4.17. The maximum atomic E-state index is 11.5. The van der Waals surface area contributed by atoms with Crippen LogP contribution in [0.1, 0.15) is 55.5 Å². The zero-order valence-electron chi connectivity index (χ0n) is 13.1. The monoisotopic (exact) mass is 289 g/mol. The summed E-state index contributed by atoms with van der Waals surface area (Å²) in [6.45, 7) is 6.65. The number of nitrogens with two attached hydrogens (primary N) is 1. The molecule has 1 aromatic carbocycles. The average molecular weight is 289 g/mol. The van der Waals surface area contributed by atoms with Crippen molar-refractivity contribution in [3.63, 3.8) is 0 Å². The number of hydrogen-bond acceptors (Lipinski definition) is 3. The quantitative estimate of drug-likeness (QED) is 0.481. The molecule has 21 heavy (non-hydrogen) atoms. The van der Waals surface area contributed by atoms with E-state index in [-0.39, 0.29) is 5.91 Å². The highest BCUT2D eigenvalue weighted by Crippen LogP contribution is 2.25. The average Bonchev–Trinajstić information content (AvgIpc) is 3.00. The second-order valence-electron chi connectivity index (χ2n) is 6.43. The van der Waals surface area contributed by atoms with Crippen LogP contribution in [0, 0.1) is 5.92 Å². The molecule has 116 valence electrons. The van der Waals surface area contributed by atoms with Crippen molar-refractivity contribution in [3.05, 3.63) is 35.4 Å². The number of amides is 1. The number of nitrogens with one attached hydrogen (secondary N) is 1. The summed E-state index contributed by atoms with van der Waals surface area (Å²) >= 11 is 0. The first-order valence-corrected chi connectivity index (χ1v) is 7.94. The number of hydrogen-bond donors (Lipinski definition) is 2. The Morgan fingerprint density at radius 1 is 1.29 bits per heavy atom. The van der Waals surface area contributed by atoms with E-state index in [0.29, 0.717) is 11.5 Å². The standard InChI is InChI=1S/C17H27N3O/c1-13(2)11-20(16-5-3-4-6-16)12-14-7-9-15(10-8-14)17(21)19-18/h7-10,13,16H,3-6,11-12,18H2,1-2H3,(H,19,21). The molecule has 1 fully saturated rings. The van der Waals surface area contributed by atoms with E-state index in [1.54, 1.807) is 0 Å². The zero-order chi connectivity index (χ0) is 15.2. The van der Waals surface area contributed by atoms with Gasteiger partial charge in [0.25, 0.3) is 5.91 Å². The molecule has 0 heterocycles. The molecular weight excluding hydrogens is 262 g/mol. The Labute approximate surface area is 127 Å². The molecular formula is C17H27N3O. The van der Waals surface area contributed by atoms with E-state index in [1.807, 2.05) is 24.3 Å². The van der Waals surface area contributed by atoms with Crippen LogP contribution in [0.25, 0.3) is 0 Å². The predicted molar refractivity (Wildman–Crippen MR) is 85.6 cm³/mol. The zero-order valence-corrected chi connectivity index (χ0v) is 13.1. The molecule has 1 aliphatic carbocycles. The van der Waals surface area contributed by atoms with Crippen molar-refractivity contribution < 1.29 is 4.79 Å². The van der Waals surface area contributed by atoms with Gasteiger partial charge in [-0.25, -0.2) is 5.84 Å². The van der Waals surface area contributed by atoms with E-state index in [9.17, 15) is 4.79 Å². The molecule has 0 radical (unpaired) electrons. The van der Waals surface area contributed by atoms with Crippen molar-refractivity contribution in [2.75, 3.05) is 6.54 Å². The molecule has 0 aromatic heterocycles. The summed E-state index contributed by atoms with van der Waals surface area (Å²) in [4.78, 5) is 14.1. The van der Waals surface area contributed by atoms with Gasteiger partial charge in [-0.15, -0.1) is 0 Å². The molecule has 0 aliphatic heterocycles. The lowest BCUT2D eigenvalue weighted by Crippen LogP contribution is -2.35. The Bertz CT molecular complexity index is 450. The van der Waals surface area contributed by atoms with E-state index >= 15 is 0 Å². The molecule has 4 nitrogen and oxygen atoms in total. The summed E-state index contributed by atoms with van der Waals surface area (Å²) in [7, 11) is 0. The summed E-state index contributed by atoms with van der Waals surface area (Å²) in [5.74, 6) is 5.59. The number of nitrogen functional groups attached to an aromatic ring is 1. The van der Waals surface area contributed by atoms with Crippen molar-refractivity contribution in [1.29, 1.82) is 0 Å². The molecule has 0 atom stereocenters. The molecule has 3 N–H and O–H groups in total. The third kappa shape index (κ3) is 4.55. The summed E-state index contributed by atoms with van der Waals surface area (Å²) < 4.78 is 0. The Morgan fingerprint density at radius 3 is 2.43 bits per heavy atom. The smallest absolute Gasteiger partial charge is 0.265 e. The number of carbonyl (C=O) groups excluding carboxylic acids is 1. The second-order valence-corrected chi connectivity index (χ2v) is 6.43. The number of nitrogens with zero attached hydrogens (tertiary/aromatic N) is 1. The van der Waals surface area contributed by atoms with Crippen molar-refractivity contribution >= 4 is 5.91 Å². The minimum atomic E-state index is -0.239. The topological polar surface area (TPSA) is 58.4 Å². The van der Waals surface area contributed by atoms with Gasteiger partial charge >= 0.3 is 0 Å². The molecule has 1 aromatic rings. The Kier molecular flexibility index (Phi) is 5.76. The third-order valence-electron chi connectivity index (χ3n) is 4.17. The van der Waals surface area contributed by atoms with Crippen LogP contribution in [0.5, 0.6) is 0 Å². The highest BCUT2D eigenvalue weighted by atomic mass is 16.2. The van der Waals surface area contributed by atoms with Gasteiger partial charge in [0, 0.05) is 24.7 Å². The largest absolute Gasteiger partial charge is 0.296 e. The van der Waals surface area contributed by atoms with Crippen LogP contribution < -0.4 is 11.3 Å². The van der Waals surface area contributed by atoms with Gasteiger partial charge in [0.15, 0.2) is 0 Å². The fraction of sp³-hybridized carbons (Fsp3) is 0.588. The van der Waals surface area contributed by atoms with Crippen LogP contribution in [-0.4, -0.2) is 23.4 Å².